The molecule has 1 aromatic heterocycles. The van der Waals surface area contributed by atoms with Crippen molar-refractivity contribution in [3.63, 3.8) is 0 Å². The molecule has 2 aromatic rings. The number of thiazole rings is 1. The molecule has 4 heteroatoms. The topological polar surface area (TPSA) is 42.0 Å². The molecule has 0 saturated heterocycles. The summed E-state index contributed by atoms with van der Waals surface area (Å²) in [6.07, 6.45) is 2.03. The van der Waals surface area contributed by atoms with Gasteiger partial charge in [0.05, 0.1) is 5.69 Å². The Balaban J connectivity index is 2.14. The first-order chi connectivity index (χ1) is 8.69. The zero-order chi connectivity index (χ0) is 13.0. The van der Waals surface area contributed by atoms with Crippen molar-refractivity contribution >= 4 is 22.4 Å². The summed E-state index contributed by atoms with van der Waals surface area (Å²) in [7, 11) is 0. The molecule has 1 heterocycles. The minimum Gasteiger partial charge on any atom is -0.298 e. The number of nitrogens with one attached hydrogen (secondary N) is 1. The largest absolute Gasteiger partial charge is 0.298 e. The van der Waals surface area contributed by atoms with Gasteiger partial charge in [-0.2, -0.15) is 0 Å². The Bertz CT molecular complexity index is 560. The summed E-state index contributed by atoms with van der Waals surface area (Å²) >= 11 is 1.49. The number of aromatic nitrogens is 1. The molecule has 0 aliphatic carbocycles. The van der Waals surface area contributed by atoms with Crippen LogP contribution in [-0.4, -0.2) is 10.9 Å². The minimum absolute atomic E-state index is 0.227. The summed E-state index contributed by atoms with van der Waals surface area (Å²) in [5.74, 6) is -0.227. The molecule has 2 rings (SSSR count). The normalized spacial score (nSPS) is 10.1. The summed E-state index contributed by atoms with van der Waals surface area (Å²) in [6, 6.07) is 10.2. The fourth-order valence-electron chi connectivity index (χ4n) is 1.59. The third-order valence-corrected chi connectivity index (χ3v) is 3.45. The predicted molar refractivity (Wildman–Crippen MR) is 74.9 cm³/mol. The lowest BCUT2D eigenvalue weighted by molar-refractivity contribution is -0.111. The molecule has 0 radical (unpaired) electrons. The maximum absolute atomic E-state index is 11.2. The number of anilines is 1. The molecular weight excluding hydrogens is 244 g/mol. The molecule has 0 unspecified atom stereocenters. The van der Waals surface area contributed by atoms with Gasteiger partial charge in [-0.05, 0) is 18.6 Å². The van der Waals surface area contributed by atoms with E-state index < -0.39 is 0 Å². The summed E-state index contributed by atoms with van der Waals surface area (Å²) in [5, 5.41) is 3.32. The van der Waals surface area contributed by atoms with E-state index in [9.17, 15) is 4.79 Å². The molecule has 1 amide bonds. The quantitative estimate of drug-likeness (QED) is 0.856. The number of hydrogen-bond donors (Lipinski definition) is 1. The van der Waals surface area contributed by atoms with Crippen molar-refractivity contribution in [3.8, 4) is 0 Å². The van der Waals surface area contributed by atoms with Crippen molar-refractivity contribution in [2.75, 3.05) is 5.32 Å². The van der Waals surface area contributed by atoms with Crippen molar-refractivity contribution in [1.29, 1.82) is 0 Å². The average Bonchev–Trinajstić information content (AvgIpc) is 2.71. The van der Waals surface area contributed by atoms with Crippen LogP contribution in [0.2, 0.25) is 0 Å². The number of rotatable bonds is 4. The highest BCUT2D eigenvalue weighted by Gasteiger charge is 2.09. The molecule has 0 aliphatic rings. The van der Waals surface area contributed by atoms with Crippen LogP contribution in [0.1, 0.15) is 16.1 Å². The van der Waals surface area contributed by atoms with Crippen molar-refractivity contribution in [2.45, 2.75) is 13.3 Å². The van der Waals surface area contributed by atoms with Crippen molar-refractivity contribution in [3.05, 3.63) is 59.1 Å². The lowest BCUT2D eigenvalue weighted by Gasteiger charge is -1.98. The van der Waals surface area contributed by atoms with Gasteiger partial charge in [0, 0.05) is 11.3 Å². The number of amides is 1. The van der Waals surface area contributed by atoms with Gasteiger partial charge in [-0.25, -0.2) is 4.98 Å². The van der Waals surface area contributed by atoms with Gasteiger partial charge >= 0.3 is 0 Å². The highest BCUT2D eigenvalue weighted by atomic mass is 32.1. The van der Waals surface area contributed by atoms with E-state index in [1.54, 1.807) is 0 Å². The molecule has 0 atom stereocenters. The van der Waals surface area contributed by atoms with E-state index in [4.69, 9.17) is 0 Å². The SMILES string of the molecule is C=CC(=O)Nc1nc(Cc2ccccc2)c(C)s1. The van der Waals surface area contributed by atoms with Crippen molar-refractivity contribution in [1.82, 2.24) is 4.98 Å². The molecule has 1 N–H and O–H groups in total. The third-order valence-electron chi connectivity index (χ3n) is 2.52. The molecule has 92 valence electrons. The Labute approximate surface area is 110 Å². The standard InChI is InChI=1S/C14H14N2OS/c1-3-13(17)16-14-15-12(10(2)18-14)9-11-7-5-4-6-8-11/h3-8H,1,9H2,2H3,(H,15,16,17). The second-order valence-electron chi connectivity index (χ2n) is 3.88. The minimum atomic E-state index is -0.227. The Morgan fingerprint density at radius 2 is 2.17 bits per heavy atom. The van der Waals surface area contributed by atoms with E-state index in [2.05, 4.69) is 29.0 Å². The molecule has 3 nitrogen and oxygen atoms in total. The molecule has 0 saturated carbocycles. The number of carbonyl (C=O) groups is 1. The predicted octanol–water partition coefficient (Wildman–Crippen LogP) is 3.17. The van der Waals surface area contributed by atoms with Crippen molar-refractivity contribution < 1.29 is 4.79 Å². The lowest BCUT2D eigenvalue weighted by atomic mass is 10.1. The average molecular weight is 258 g/mol. The maximum Gasteiger partial charge on any atom is 0.249 e. The molecule has 1 aromatic carbocycles. The Morgan fingerprint density at radius 3 is 2.83 bits per heavy atom. The van der Waals surface area contributed by atoms with E-state index in [1.165, 1.54) is 23.0 Å². The number of benzene rings is 1. The monoisotopic (exact) mass is 258 g/mol. The van der Waals surface area contributed by atoms with Crippen LogP contribution in [0.4, 0.5) is 5.13 Å². The molecule has 0 spiro atoms. The summed E-state index contributed by atoms with van der Waals surface area (Å²) in [6.45, 7) is 5.43. The van der Waals surface area contributed by atoms with Crippen molar-refractivity contribution in [2.24, 2.45) is 0 Å². The van der Waals surface area contributed by atoms with E-state index in [-0.39, 0.29) is 5.91 Å². The Morgan fingerprint density at radius 1 is 1.44 bits per heavy atom. The second kappa shape index (κ2) is 5.60. The fourth-order valence-corrected chi connectivity index (χ4v) is 2.42. The molecular formula is C14H14N2OS. The van der Waals surface area contributed by atoms with Crippen LogP contribution in [0.3, 0.4) is 0 Å². The van der Waals surface area contributed by atoms with Gasteiger partial charge in [-0.3, -0.25) is 10.1 Å². The van der Waals surface area contributed by atoms with E-state index in [0.29, 0.717) is 5.13 Å². The number of aryl methyl sites for hydroxylation is 1. The van der Waals surface area contributed by atoms with Crippen LogP contribution in [-0.2, 0) is 11.2 Å². The Kier molecular flexibility index (Phi) is 3.89. The van der Waals surface area contributed by atoms with Gasteiger partial charge in [-0.1, -0.05) is 36.9 Å². The van der Waals surface area contributed by atoms with E-state index in [0.717, 1.165) is 17.0 Å². The van der Waals surface area contributed by atoms with Crippen LogP contribution < -0.4 is 5.32 Å². The van der Waals surface area contributed by atoms with Gasteiger partial charge in [0.25, 0.3) is 0 Å². The van der Waals surface area contributed by atoms with Crippen LogP contribution >= 0.6 is 11.3 Å². The third kappa shape index (κ3) is 3.05. The second-order valence-corrected chi connectivity index (χ2v) is 5.08. The first-order valence-electron chi connectivity index (χ1n) is 5.62. The smallest absolute Gasteiger partial charge is 0.249 e. The highest BCUT2D eigenvalue weighted by Crippen LogP contribution is 2.24. The van der Waals surface area contributed by atoms with Gasteiger partial charge in [0.2, 0.25) is 5.91 Å². The number of carbonyl (C=O) groups excluding carboxylic acids is 1. The van der Waals surface area contributed by atoms with Gasteiger partial charge in [-0.15, -0.1) is 11.3 Å². The zero-order valence-corrected chi connectivity index (χ0v) is 11.0. The summed E-state index contributed by atoms with van der Waals surface area (Å²) in [4.78, 5) is 16.8. The zero-order valence-electron chi connectivity index (χ0n) is 10.1. The molecule has 0 bridgehead atoms. The van der Waals surface area contributed by atoms with Crippen LogP contribution in [0.25, 0.3) is 0 Å². The highest BCUT2D eigenvalue weighted by molar-refractivity contribution is 7.15. The first kappa shape index (κ1) is 12.5. The summed E-state index contributed by atoms with van der Waals surface area (Å²) < 4.78 is 0. The summed E-state index contributed by atoms with van der Waals surface area (Å²) in [5.41, 5.74) is 2.22. The van der Waals surface area contributed by atoms with Crippen LogP contribution in [0.15, 0.2) is 43.0 Å². The van der Waals surface area contributed by atoms with Crippen LogP contribution in [0, 0.1) is 6.92 Å². The molecule has 0 fully saturated rings. The van der Waals surface area contributed by atoms with Gasteiger partial charge in [0.15, 0.2) is 5.13 Å². The van der Waals surface area contributed by atoms with Crippen LogP contribution in [0.5, 0.6) is 0 Å². The Hall–Kier alpha value is -1.94. The van der Waals surface area contributed by atoms with E-state index in [1.807, 2.05) is 25.1 Å². The molecule has 0 aliphatic heterocycles. The molecule has 18 heavy (non-hydrogen) atoms. The number of hydrogen-bond acceptors (Lipinski definition) is 3. The van der Waals surface area contributed by atoms with Gasteiger partial charge < -0.3 is 0 Å². The lowest BCUT2D eigenvalue weighted by Crippen LogP contribution is -2.06. The van der Waals surface area contributed by atoms with Gasteiger partial charge in [0.1, 0.15) is 0 Å². The maximum atomic E-state index is 11.2. The number of nitrogens with zero attached hydrogens (tertiary/aromatic N) is 1. The fraction of sp³-hybridized carbons (Fsp3) is 0.143. The van der Waals surface area contributed by atoms with E-state index >= 15 is 0 Å². The first-order valence-corrected chi connectivity index (χ1v) is 6.44.